The number of aryl methyl sites for hydroxylation is 1. The molecule has 0 spiro atoms. The molecular formula is C24H20FN3O2S. The van der Waals surface area contributed by atoms with Crippen LogP contribution in [0.5, 0.6) is 0 Å². The second-order valence-corrected chi connectivity index (χ2v) is 7.86. The molecule has 0 saturated carbocycles. The first-order valence-corrected chi connectivity index (χ1v) is 10.7. The Kier molecular flexibility index (Phi) is 6.43. The van der Waals surface area contributed by atoms with Gasteiger partial charge in [-0.2, -0.15) is 0 Å². The number of thioether (sulfide) groups is 1. The Morgan fingerprint density at radius 2 is 1.77 bits per heavy atom. The van der Waals surface area contributed by atoms with E-state index in [1.165, 1.54) is 23.9 Å². The van der Waals surface area contributed by atoms with Crippen molar-refractivity contribution in [2.45, 2.75) is 18.7 Å². The van der Waals surface area contributed by atoms with E-state index in [0.717, 1.165) is 22.4 Å². The number of rotatable bonds is 7. The minimum absolute atomic E-state index is 0.0974. The summed E-state index contributed by atoms with van der Waals surface area (Å²) in [5.41, 5.74) is 3.64. The molecule has 7 heteroatoms. The summed E-state index contributed by atoms with van der Waals surface area (Å²) in [5, 5.41) is 9.11. The van der Waals surface area contributed by atoms with Crippen molar-refractivity contribution in [2.75, 3.05) is 5.75 Å². The summed E-state index contributed by atoms with van der Waals surface area (Å²) in [6.07, 6.45) is 0. The molecule has 1 aromatic heterocycles. The Hall–Kier alpha value is -3.45. The molecule has 31 heavy (non-hydrogen) atoms. The molecule has 1 heterocycles. The molecular weight excluding hydrogens is 413 g/mol. The largest absolute Gasteiger partial charge is 0.460 e. The SMILES string of the molecule is Cc1cccc(COC(=O)CSc2nnc(-c3ccc(F)cc3)n2-c2ccccc2)c1. The lowest BCUT2D eigenvalue weighted by molar-refractivity contribution is -0.141. The third-order valence-corrected chi connectivity index (χ3v) is 5.45. The highest BCUT2D eigenvalue weighted by Crippen LogP contribution is 2.28. The van der Waals surface area contributed by atoms with Crippen LogP contribution in [0, 0.1) is 12.7 Å². The number of hydrogen-bond donors (Lipinski definition) is 0. The third kappa shape index (κ3) is 5.19. The van der Waals surface area contributed by atoms with Crippen molar-refractivity contribution in [2.24, 2.45) is 0 Å². The minimum Gasteiger partial charge on any atom is -0.460 e. The van der Waals surface area contributed by atoms with E-state index in [1.807, 2.05) is 66.1 Å². The van der Waals surface area contributed by atoms with E-state index < -0.39 is 0 Å². The topological polar surface area (TPSA) is 57.0 Å². The number of esters is 1. The summed E-state index contributed by atoms with van der Waals surface area (Å²) < 4.78 is 20.6. The maximum absolute atomic E-state index is 13.4. The van der Waals surface area contributed by atoms with Gasteiger partial charge < -0.3 is 4.74 Å². The van der Waals surface area contributed by atoms with Crippen molar-refractivity contribution in [3.05, 3.63) is 95.8 Å². The quantitative estimate of drug-likeness (QED) is 0.296. The van der Waals surface area contributed by atoms with Crippen LogP contribution in [0.3, 0.4) is 0 Å². The van der Waals surface area contributed by atoms with Gasteiger partial charge in [-0.15, -0.1) is 10.2 Å². The molecule has 0 bridgehead atoms. The Morgan fingerprint density at radius 1 is 1.00 bits per heavy atom. The Bertz CT molecular complexity index is 1180. The van der Waals surface area contributed by atoms with Gasteiger partial charge in [-0.05, 0) is 48.9 Å². The van der Waals surface area contributed by atoms with E-state index in [4.69, 9.17) is 4.74 Å². The van der Waals surface area contributed by atoms with Crippen molar-refractivity contribution in [1.29, 1.82) is 0 Å². The number of carbonyl (C=O) groups excluding carboxylic acids is 1. The van der Waals surface area contributed by atoms with Crippen LogP contribution in [0.15, 0.2) is 84.0 Å². The molecule has 3 aromatic carbocycles. The summed E-state index contributed by atoms with van der Waals surface area (Å²) in [6, 6.07) is 23.5. The number of ether oxygens (including phenoxy) is 1. The van der Waals surface area contributed by atoms with Crippen molar-refractivity contribution in [1.82, 2.24) is 14.8 Å². The first-order valence-electron chi connectivity index (χ1n) is 9.71. The van der Waals surface area contributed by atoms with Gasteiger partial charge in [0.1, 0.15) is 12.4 Å². The van der Waals surface area contributed by atoms with Gasteiger partial charge in [0.15, 0.2) is 11.0 Å². The van der Waals surface area contributed by atoms with Crippen LogP contribution in [-0.4, -0.2) is 26.5 Å². The second kappa shape index (κ2) is 9.57. The van der Waals surface area contributed by atoms with E-state index in [-0.39, 0.29) is 24.1 Å². The number of benzene rings is 3. The molecule has 0 N–H and O–H groups in total. The number of aromatic nitrogens is 3. The van der Waals surface area contributed by atoms with E-state index >= 15 is 0 Å². The molecule has 4 aromatic rings. The van der Waals surface area contributed by atoms with Gasteiger partial charge in [-0.1, -0.05) is 59.8 Å². The van der Waals surface area contributed by atoms with Gasteiger partial charge in [-0.25, -0.2) is 4.39 Å². The average Bonchev–Trinajstić information content (AvgIpc) is 3.21. The maximum atomic E-state index is 13.4. The van der Waals surface area contributed by atoms with Crippen molar-refractivity contribution in [3.63, 3.8) is 0 Å². The number of nitrogens with zero attached hydrogens (tertiary/aromatic N) is 3. The summed E-state index contributed by atoms with van der Waals surface area (Å²) >= 11 is 1.25. The van der Waals surface area contributed by atoms with Crippen molar-refractivity contribution in [3.8, 4) is 17.1 Å². The third-order valence-electron chi connectivity index (χ3n) is 4.55. The Morgan fingerprint density at radius 3 is 2.52 bits per heavy atom. The normalized spacial score (nSPS) is 10.8. The zero-order valence-corrected chi connectivity index (χ0v) is 17.7. The van der Waals surface area contributed by atoms with Crippen LogP contribution in [0.25, 0.3) is 17.1 Å². The molecule has 0 atom stereocenters. The van der Waals surface area contributed by atoms with Crippen LogP contribution < -0.4 is 0 Å². The van der Waals surface area contributed by atoms with Gasteiger partial charge in [-0.3, -0.25) is 9.36 Å². The van der Waals surface area contributed by atoms with Gasteiger partial charge in [0, 0.05) is 11.3 Å². The molecule has 4 rings (SSSR count). The van der Waals surface area contributed by atoms with Crippen LogP contribution >= 0.6 is 11.8 Å². The fourth-order valence-electron chi connectivity index (χ4n) is 3.09. The fraction of sp³-hybridized carbons (Fsp3) is 0.125. The van der Waals surface area contributed by atoms with E-state index in [1.54, 1.807) is 12.1 Å². The monoisotopic (exact) mass is 433 g/mol. The smallest absolute Gasteiger partial charge is 0.316 e. The lowest BCUT2D eigenvalue weighted by atomic mass is 10.1. The number of para-hydroxylation sites is 1. The fourth-order valence-corrected chi connectivity index (χ4v) is 3.84. The van der Waals surface area contributed by atoms with Crippen LogP contribution in [0.2, 0.25) is 0 Å². The second-order valence-electron chi connectivity index (χ2n) is 6.92. The summed E-state index contributed by atoms with van der Waals surface area (Å²) in [6.45, 7) is 2.23. The zero-order chi connectivity index (χ0) is 21.6. The minimum atomic E-state index is -0.336. The zero-order valence-electron chi connectivity index (χ0n) is 16.9. The first-order chi connectivity index (χ1) is 15.1. The number of halogens is 1. The van der Waals surface area contributed by atoms with Gasteiger partial charge in [0.2, 0.25) is 0 Å². The lowest BCUT2D eigenvalue weighted by Crippen LogP contribution is -2.08. The van der Waals surface area contributed by atoms with E-state index in [0.29, 0.717) is 11.0 Å². The molecule has 0 unspecified atom stereocenters. The Labute approximate surface area is 183 Å². The van der Waals surface area contributed by atoms with Crippen LogP contribution in [-0.2, 0) is 16.1 Å². The Balaban J connectivity index is 1.51. The number of hydrogen-bond acceptors (Lipinski definition) is 5. The molecule has 0 amide bonds. The first kappa shape index (κ1) is 20.8. The summed E-state index contributed by atoms with van der Waals surface area (Å²) in [5.74, 6) is 0.0139. The maximum Gasteiger partial charge on any atom is 0.316 e. The average molecular weight is 434 g/mol. The van der Waals surface area contributed by atoms with Crippen molar-refractivity contribution >= 4 is 17.7 Å². The number of carbonyl (C=O) groups is 1. The van der Waals surface area contributed by atoms with Gasteiger partial charge in [0.05, 0.1) is 5.75 Å². The lowest BCUT2D eigenvalue weighted by Gasteiger charge is -2.10. The summed E-state index contributed by atoms with van der Waals surface area (Å²) in [4.78, 5) is 12.3. The van der Waals surface area contributed by atoms with Crippen LogP contribution in [0.1, 0.15) is 11.1 Å². The highest BCUT2D eigenvalue weighted by atomic mass is 32.2. The van der Waals surface area contributed by atoms with Gasteiger partial charge in [0.25, 0.3) is 0 Å². The summed E-state index contributed by atoms with van der Waals surface area (Å²) in [7, 11) is 0. The van der Waals surface area contributed by atoms with E-state index in [2.05, 4.69) is 10.2 Å². The standard InChI is InChI=1S/C24H20FN3O2S/c1-17-6-5-7-18(14-17)15-30-22(29)16-31-24-27-26-23(19-10-12-20(25)13-11-19)28(24)21-8-3-2-4-9-21/h2-14H,15-16H2,1H3. The van der Waals surface area contributed by atoms with Gasteiger partial charge >= 0.3 is 5.97 Å². The predicted octanol–water partition coefficient (Wildman–Crippen LogP) is 5.22. The molecule has 0 saturated heterocycles. The molecule has 5 nitrogen and oxygen atoms in total. The van der Waals surface area contributed by atoms with E-state index in [9.17, 15) is 9.18 Å². The van der Waals surface area contributed by atoms with Crippen molar-refractivity contribution < 1.29 is 13.9 Å². The van der Waals surface area contributed by atoms with Crippen LogP contribution in [0.4, 0.5) is 4.39 Å². The highest BCUT2D eigenvalue weighted by molar-refractivity contribution is 7.99. The molecule has 0 aliphatic carbocycles. The molecule has 0 fully saturated rings. The predicted molar refractivity (Wildman–Crippen MR) is 118 cm³/mol. The molecule has 0 radical (unpaired) electrons. The molecule has 0 aliphatic rings. The highest BCUT2D eigenvalue weighted by Gasteiger charge is 2.17. The molecule has 156 valence electrons. The molecule has 0 aliphatic heterocycles.